The molecule has 3 atom stereocenters. The minimum Gasteiger partial charge on any atom is -0.501 e. The van der Waals surface area contributed by atoms with Crippen LogP contribution in [0.1, 0.15) is 32.1 Å². The second kappa shape index (κ2) is 3.76. The lowest BCUT2D eigenvalue weighted by atomic mass is 9.45. The molecule has 0 radical (unpaired) electrons. The van der Waals surface area contributed by atoms with Gasteiger partial charge in [0.05, 0.1) is 12.9 Å². The molecule has 2 nitrogen and oxygen atoms in total. The molecule has 4 aliphatic rings. The summed E-state index contributed by atoms with van der Waals surface area (Å²) in [6.45, 7) is 4.78. The summed E-state index contributed by atoms with van der Waals surface area (Å²) in [4.78, 5) is 0. The molecular formula is C14H22O2. The second-order valence-electron chi connectivity index (χ2n) is 6.24. The van der Waals surface area contributed by atoms with Crippen molar-refractivity contribution in [3.05, 3.63) is 12.8 Å². The zero-order valence-electron chi connectivity index (χ0n) is 9.90. The second-order valence-corrected chi connectivity index (χ2v) is 6.24. The van der Waals surface area contributed by atoms with Crippen LogP contribution in [0.25, 0.3) is 0 Å². The van der Waals surface area contributed by atoms with Gasteiger partial charge in [-0.15, -0.1) is 0 Å². The van der Waals surface area contributed by atoms with E-state index in [2.05, 4.69) is 6.58 Å². The van der Waals surface area contributed by atoms with E-state index < -0.39 is 0 Å². The van der Waals surface area contributed by atoms with Gasteiger partial charge >= 0.3 is 0 Å². The van der Waals surface area contributed by atoms with E-state index in [0.29, 0.717) is 12.5 Å². The van der Waals surface area contributed by atoms with E-state index in [1.165, 1.54) is 32.1 Å². The number of aliphatic hydroxyl groups excluding tert-OH is 1. The van der Waals surface area contributed by atoms with Crippen LogP contribution in [0.5, 0.6) is 0 Å². The highest BCUT2D eigenvalue weighted by Gasteiger charge is 2.56. The van der Waals surface area contributed by atoms with Crippen LogP contribution in [0.4, 0.5) is 0 Å². The molecule has 4 bridgehead atoms. The van der Waals surface area contributed by atoms with Crippen LogP contribution in [0.2, 0.25) is 0 Å². The quantitative estimate of drug-likeness (QED) is 0.741. The van der Waals surface area contributed by atoms with Crippen LogP contribution >= 0.6 is 0 Å². The van der Waals surface area contributed by atoms with Crippen molar-refractivity contribution in [1.29, 1.82) is 0 Å². The number of hydrogen-bond acceptors (Lipinski definition) is 2. The highest BCUT2D eigenvalue weighted by molar-refractivity contribution is 5.06. The van der Waals surface area contributed by atoms with Gasteiger partial charge < -0.3 is 9.84 Å². The summed E-state index contributed by atoms with van der Waals surface area (Å²) in [7, 11) is 0. The highest BCUT2D eigenvalue weighted by Crippen LogP contribution is 2.62. The van der Waals surface area contributed by atoms with Gasteiger partial charge in [-0.05, 0) is 55.8 Å². The summed E-state index contributed by atoms with van der Waals surface area (Å²) in [5.41, 5.74) is 0.275. The third kappa shape index (κ3) is 1.42. The van der Waals surface area contributed by atoms with Crippen molar-refractivity contribution in [2.45, 2.75) is 32.1 Å². The third-order valence-electron chi connectivity index (χ3n) is 5.37. The van der Waals surface area contributed by atoms with Gasteiger partial charge in [-0.25, -0.2) is 0 Å². The summed E-state index contributed by atoms with van der Waals surface area (Å²) in [6, 6.07) is 0. The molecule has 4 rings (SSSR count). The monoisotopic (exact) mass is 222 g/mol. The average molecular weight is 222 g/mol. The van der Waals surface area contributed by atoms with Crippen LogP contribution in [0, 0.1) is 29.1 Å². The minimum absolute atomic E-state index is 0.275. The molecule has 90 valence electrons. The lowest BCUT2D eigenvalue weighted by Gasteiger charge is -2.60. The largest absolute Gasteiger partial charge is 0.501 e. The molecule has 0 aromatic rings. The standard InChI is InChI=1S/C14H22O2/c1-2-16-9-14-6-10-3-11(7-14)5-12(4-10)13(14)8-15/h2,10-13,15H,1,3-9H2. The molecule has 3 unspecified atom stereocenters. The van der Waals surface area contributed by atoms with Gasteiger partial charge in [0.25, 0.3) is 0 Å². The molecule has 4 saturated carbocycles. The summed E-state index contributed by atoms with van der Waals surface area (Å²) in [5.74, 6) is 3.08. The molecule has 4 fully saturated rings. The molecule has 2 heteroatoms. The summed E-state index contributed by atoms with van der Waals surface area (Å²) >= 11 is 0. The Morgan fingerprint density at radius 3 is 2.50 bits per heavy atom. The Hall–Kier alpha value is -0.500. The van der Waals surface area contributed by atoms with Crippen LogP contribution in [-0.2, 0) is 4.74 Å². The smallest absolute Gasteiger partial charge is 0.0932 e. The van der Waals surface area contributed by atoms with Crippen LogP contribution in [-0.4, -0.2) is 18.3 Å². The first-order chi connectivity index (χ1) is 7.77. The summed E-state index contributed by atoms with van der Waals surface area (Å²) < 4.78 is 5.50. The number of ether oxygens (including phenoxy) is 1. The van der Waals surface area contributed by atoms with Crippen molar-refractivity contribution in [3.8, 4) is 0 Å². The molecule has 0 amide bonds. The molecule has 4 aliphatic carbocycles. The van der Waals surface area contributed by atoms with Crippen LogP contribution < -0.4 is 0 Å². The molecule has 0 spiro atoms. The third-order valence-corrected chi connectivity index (χ3v) is 5.37. The van der Waals surface area contributed by atoms with E-state index in [0.717, 1.165) is 24.4 Å². The number of rotatable bonds is 4. The van der Waals surface area contributed by atoms with E-state index in [9.17, 15) is 5.11 Å². The zero-order valence-corrected chi connectivity index (χ0v) is 9.90. The van der Waals surface area contributed by atoms with Crippen molar-refractivity contribution in [2.24, 2.45) is 29.1 Å². The van der Waals surface area contributed by atoms with Gasteiger partial charge in [0.1, 0.15) is 0 Å². The van der Waals surface area contributed by atoms with E-state index in [1.54, 1.807) is 6.26 Å². The predicted molar refractivity (Wildman–Crippen MR) is 62.7 cm³/mol. The normalized spacial score (nSPS) is 49.3. The Labute approximate surface area is 97.7 Å². The van der Waals surface area contributed by atoms with E-state index in [-0.39, 0.29) is 5.41 Å². The fourth-order valence-corrected chi connectivity index (χ4v) is 5.11. The maximum absolute atomic E-state index is 9.68. The Morgan fingerprint density at radius 1 is 1.25 bits per heavy atom. The van der Waals surface area contributed by atoms with Gasteiger partial charge in [-0.1, -0.05) is 6.58 Å². The molecule has 0 saturated heterocycles. The van der Waals surface area contributed by atoms with E-state index in [1.807, 2.05) is 0 Å². The van der Waals surface area contributed by atoms with Crippen LogP contribution in [0.3, 0.4) is 0 Å². The Morgan fingerprint density at radius 2 is 1.94 bits per heavy atom. The Kier molecular flexibility index (Phi) is 2.50. The van der Waals surface area contributed by atoms with Crippen molar-refractivity contribution < 1.29 is 9.84 Å². The van der Waals surface area contributed by atoms with Gasteiger partial charge in [-0.3, -0.25) is 0 Å². The highest BCUT2D eigenvalue weighted by atomic mass is 16.5. The lowest BCUT2D eigenvalue weighted by molar-refractivity contribution is -0.146. The Bertz CT molecular complexity index is 272. The first kappa shape index (κ1) is 10.6. The lowest BCUT2D eigenvalue weighted by Crippen LogP contribution is -2.55. The number of hydrogen-bond donors (Lipinski definition) is 1. The molecule has 1 N–H and O–H groups in total. The minimum atomic E-state index is 0.275. The van der Waals surface area contributed by atoms with Gasteiger partial charge in [-0.2, -0.15) is 0 Å². The topological polar surface area (TPSA) is 29.5 Å². The first-order valence-electron chi connectivity index (χ1n) is 6.61. The maximum atomic E-state index is 9.68. The van der Waals surface area contributed by atoms with Crippen molar-refractivity contribution in [3.63, 3.8) is 0 Å². The molecule has 16 heavy (non-hydrogen) atoms. The molecular weight excluding hydrogens is 200 g/mol. The van der Waals surface area contributed by atoms with E-state index in [4.69, 9.17) is 4.74 Å². The summed E-state index contributed by atoms with van der Waals surface area (Å²) in [5, 5.41) is 9.68. The van der Waals surface area contributed by atoms with Gasteiger partial charge in [0.15, 0.2) is 0 Å². The molecule has 0 aliphatic heterocycles. The fourth-order valence-electron chi connectivity index (χ4n) is 5.11. The van der Waals surface area contributed by atoms with Crippen LogP contribution in [0.15, 0.2) is 12.8 Å². The molecule has 0 heterocycles. The Balaban J connectivity index is 1.85. The fraction of sp³-hybridized carbons (Fsp3) is 0.857. The first-order valence-corrected chi connectivity index (χ1v) is 6.61. The van der Waals surface area contributed by atoms with Crippen molar-refractivity contribution in [2.75, 3.05) is 13.2 Å². The predicted octanol–water partition coefficient (Wildman–Crippen LogP) is 2.58. The SMILES string of the molecule is C=COCC12CC3CC(CC(C3)C1CO)C2. The molecule has 0 aromatic heterocycles. The molecule has 0 aromatic carbocycles. The summed E-state index contributed by atoms with van der Waals surface area (Å²) in [6.07, 6.45) is 8.27. The van der Waals surface area contributed by atoms with E-state index >= 15 is 0 Å². The van der Waals surface area contributed by atoms with Crippen molar-refractivity contribution in [1.82, 2.24) is 0 Å². The average Bonchev–Trinajstić information content (AvgIpc) is 2.25. The zero-order chi connectivity index (χ0) is 11.2. The van der Waals surface area contributed by atoms with Crippen molar-refractivity contribution >= 4 is 0 Å². The maximum Gasteiger partial charge on any atom is 0.0932 e. The number of aliphatic hydroxyl groups is 1. The van der Waals surface area contributed by atoms with Gasteiger partial charge in [0.2, 0.25) is 0 Å². The van der Waals surface area contributed by atoms with Gasteiger partial charge in [0, 0.05) is 12.0 Å².